The van der Waals surface area contributed by atoms with E-state index in [-0.39, 0.29) is 28.8 Å². The Hall–Kier alpha value is -3.97. The molecule has 0 bridgehead atoms. The van der Waals surface area contributed by atoms with Crippen LogP contribution < -0.4 is 19.8 Å². The van der Waals surface area contributed by atoms with Crippen LogP contribution in [-0.2, 0) is 15.4 Å². The lowest BCUT2D eigenvalue weighted by atomic mass is 9.86. The molecule has 0 saturated carbocycles. The zero-order chi connectivity index (χ0) is 32.7. The molecule has 45 heavy (non-hydrogen) atoms. The Morgan fingerprint density at radius 1 is 1.07 bits per heavy atom. The van der Waals surface area contributed by atoms with Gasteiger partial charge in [-0.2, -0.15) is 10.2 Å². The van der Waals surface area contributed by atoms with Gasteiger partial charge in [0.1, 0.15) is 6.04 Å². The molecule has 2 N–H and O–H groups in total. The molecule has 1 fully saturated rings. The first-order valence-corrected chi connectivity index (χ1v) is 17.1. The minimum Gasteiger partial charge on any atom is -0.492 e. The van der Waals surface area contributed by atoms with Crippen molar-refractivity contribution in [3.05, 3.63) is 64.5 Å². The Labute approximate surface area is 265 Å². The van der Waals surface area contributed by atoms with Gasteiger partial charge in [0, 0.05) is 16.8 Å². The fourth-order valence-corrected chi connectivity index (χ4v) is 6.46. The molecule has 3 aromatic rings. The van der Waals surface area contributed by atoms with Crippen LogP contribution in [0.5, 0.6) is 5.75 Å². The van der Waals surface area contributed by atoms with Crippen molar-refractivity contribution in [2.45, 2.75) is 65.0 Å². The molecule has 2 aromatic carbocycles. The molecule has 1 unspecified atom stereocenters. The molecule has 12 nitrogen and oxygen atoms in total. The molecule has 0 spiro atoms. The van der Waals surface area contributed by atoms with Gasteiger partial charge in [0.25, 0.3) is 5.91 Å². The van der Waals surface area contributed by atoms with Crippen LogP contribution in [0.25, 0.3) is 0 Å². The van der Waals surface area contributed by atoms with Crippen LogP contribution in [0.4, 0.5) is 17.1 Å². The van der Waals surface area contributed by atoms with Crippen molar-refractivity contribution in [3.63, 3.8) is 0 Å². The van der Waals surface area contributed by atoms with E-state index in [0.29, 0.717) is 23.8 Å². The van der Waals surface area contributed by atoms with E-state index in [2.05, 4.69) is 43.9 Å². The lowest BCUT2D eigenvalue weighted by molar-refractivity contribution is 0.102. The highest BCUT2D eigenvalue weighted by molar-refractivity contribution is 7.92. The van der Waals surface area contributed by atoms with Gasteiger partial charge in [0.15, 0.2) is 5.75 Å². The Bertz CT molecular complexity index is 1720. The zero-order valence-electron chi connectivity index (χ0n) is 27.4. The predicted octanol–water partition coefficient (Wildman–Crippen LogP) is 5.63. The molecule has 13 heteroatoms. The number of anilines is 3. The molecule has 1 saturated heterocycles. The molecule has 0 aliphatic carbocycles. The molecule has 242 valence electrons. The topological polar surface area (TPSA) is 134 Å². The first-order valence-electron chi connectivity index (χ1n) is 15.2. The number of benzene rings is 2. The highest BCUT2D eigenvalue weighted by Crippen LogP contribution is 2.40. The van der Waals surface area contributed by atoms with Crippen molar-refractivity contribution < 1.29 is 17.9 Å². The monoisotopic (exact) mass is 636 g/mol. The summed E-state index contributed by atoms with van der Waals surface area (Å²) in [5.41, 5.74) is 5.46. The van der Waals surface area contributed by atoms with Crippen molar-refractivity contribution >= 4 is 33.0 Å². The number of aromatic nitrogens is 2. The summed E-state index contributed by atoms with van der Waals surface area (Å²) >= 11 is 0. The first kappa shape index (κ1) is 32.4. The van der Waals surface area contributed by atoms with Crippen LogP contribution >= 0.6 is 0 Å². The fourth-order valence-electron chi connectivity index (χ4n) is 5.91. The number of carbonyl (C=O) groups excluding carboxylic acids is 1. The van der Waals surface area contributed by atoms with Crippen molar-refractivity contribution in [1.29, 1.82) is 0 Å². The molecule has 2 aliphatic heterocycles. The van der Waals surface area contributed by atoms with Crippen molar-refractivity contribution in [2.75, 3.05) is 55.1 Å². The van der Waals surface area contributed by atoms with Gasteiger partial charge in [-0.1, -0.05) is 32.1 Å². The number of nitrogens with one attached hydrogen (secondary N) is 2. The van der Waals surface area contributed by atoms with Crippen LogP contribution in [0, 0.1) is 13.8 Å². The number of hydrogen-bond donors (Lipinski definition) is 2. The van der Waals surface area contributed by atoms with Crippen LogP contribution in [-0.4, -0.2) is 69.1 Å². The van der Waals surface area contributed by atoms with Gasteiger partial charge in [-0.05, 0) is 87.6 Å². The molecule has 3 heterocycles. The number of ether oxygens (including phenoxy) is 1. The van der Waals surface area contributed by atoms with Gasteiger partial charge in [0.05, 0.1) is 49.2 Å². The molecule has 1 amide bonds. The van der Waals surface area contributed by atoms with Gasteiger partial charge in [-0.25, -0.2) is 13.4 Å². The maximum Gasteiger partial charge on any atom is 0.255 e. The summed E-state index contributed by atoms with van der Waals surface area (Å²) in [5.74, 6) is -0.143. The van der Waals surface area contributed by atoms with E-state index in [1.807, 2.05) is 51.0 Å². The van der Waals surface area contributed by atoms with Gasteiger partial charge in [-0.3, -0.25) is 14.2 Å². The number of methoxy groups -OCH3 is 1. The summed E-state index contributed by atoms with van der Waals surface area (Å²) in [7, 11) is -0.00502. The Morgan fingerprint density at radius 2 is 1.76 bits per heavy atom. The Morgan fingerprint density at radius 3 is 2.40 bits per heavy atom. The van der Waals surface area contributed by atoms with Crippen LogP contribution in [0.3, 0.4) is 0 Å². The normalized spacial score (nSPS) is 18.0. The van der Waals surface area contributed by atoms with E-state index in [4.69, 9.17) is 9.84 Å². The SMILES string of the molecule is COc1c(NC(=O)c2ccc(C)c(N3CC(c4cnn(C5CCN(C)CC5)c4C)N=N3)c2)cc(C(C)(C)C)cc1NS(C)(=O)=O. The summed E-state index contributed by atoms with van der Waals surface area (Å²) in [6.45, 7) is 12.8. The summed E-state index contributed by atoms with van der Waals surface area (Å²) in [4.78, 5) is 16.0. The van der Waals surface area contributed by atoms with Crippen LogP contribution in [0.2, 0.25) is 0 Å². The lowest BCUT2D eigenvalue weighted by Crippen LogP contribution is -2.32. The van der Waals surface area contributed by atoms with E-state index < -0.39 is 10.0 Å². The molecule has 0 radical (unpaired) electrons. The predicted molar refractivity (Wildman–Crippen MR) is 177 cm³/mol. The number of hydrogen-bond acceptors (Lipinski definition) is 9. The standard InChI is InChI=1S/C32H44N8O4S/c1-20-9-10-22(31(41)34-26-16-23(32(3,4)5)17-27(30(26)44-7)36-45(8,42)43)15-29(20)39-19-28(35-37-39)25-18-33-40(21(25)2)24-11-13-38(6)14-12-24/h9-10,15-18,24,28,36H,11-14,19H2,1-8H3,(H,34,41). The van der Waals surface area contributed by atoms with E-state index in [1.54, 1.807) is 18.2 Å². The summed E-state index contributed by atoms with van der Waals surface area (Å²) in [6, 6.07) is 9.21. The lowest BCUT2D eigenvalue weighted by Gasteiger charge is -2.29. The number of rotatable bonds is 8. The largest absolute Gasteiger partial charge is 0.492 e. The molecular weight excluding hydrogens is 592 g/mol. The number of nitrogens with zero attached hydrogens (tertiary/aromatic N) is 6. The number of sulfonamides is 1. The number of likely N-dealkylation sites (tertiary alicyclic amines) is 1. The van der Waals surface area contributed by atoms with Crippen molar-refractivity contribution in [2.24, 2.45) is 10.3 Å². The third-order valence-electron chi connectivity index (χ3n) is 8.57. The maximum absolute atomic E-state index is 13.6. The number of aryl methyl sites for hydroxylation is 1. The van der Waals surface area contributed by atoms with E-state index >= 15 is 0 Å². The minimum absolute atomic E-state index is 0.160. The average molecular weight is 637 g/mol. The van der Waals surface area contributed by atoms with Crippen LogP contribution in [0.15, 0.2) is 46.9 Å². The van der Waals surface area contributed by atoms with Crippen molar-refractivity contribution in [3.8, 4) is 5.75 Å². The van der Waals surface area contributed by atoms with Gasteiger partial charge >= 0.3 is 0 Å². The third-order valence-corrected chi connectivity index (χ3v) is 9.16. The van der Waals surface area contributed by atoms with E-state index in [1.165, 1.54) is 7.11 Å². The maximum atomic E-state index is 13.6. The second kappa shape index (κ2) is 12.4. The second-order valence-electron chi connectivity index (χ2n) is 13.2. The number of amides is 1. The smallest absolute Gasteiger partial charge is 0.255 e. The highest BCUT2D eigenvalue weighted by Gasteiger charge is 2.29. The quantitative estimate of drug-likeness (QED) is 0.328. The van der Waals surface area contributed by atoms with Crippen LogP contribution in [0.1, 0.15) is 78.4 Å². The first-order chi connectivity index (χ1) is 21.1. The Kier molecular flexibility index (Phi) is 8.96. The molecule has 1 aromatic heterocycles. The summed E-state index contributed by atoms with van der Waals surface area (Å²) in [6.07, 6.45) is 5.15. The highest BCUT2D eigenvalue weighted by atomic mass is 32.2. The van der Waals surface area contributed by atoms with Gasteiger partial charge in [-0.15, -0.1) is 0 Å². The fraction of sp³-hybridized carbons (Fsp3) is 0.500. The third kappa shape index (κ3) is 7.14. The van der Waals surface area contributed by atoms with Gasteiger partial charge < -0.3 is 15.0 Å². The molecule has 1 atom stereocenters. The van der Waals surface area contributed by atoms with Gasteiger partial charge in [0.2, 0.25) is 10.0 Å². The molecular formula is C32H44N8O4S. The summed E-state index contributed by atoms with van der Waals surface area (Å²) < 4.78 is 34.5. The number of piperidine rings is 1. The Balaban J connectivity index is 1.37. The minimum atomic E-state index is -3.60. The second-order valence-corrected chi connectivity index (χ2v) is 14.9. The summed E-state index contributed by atoms with van der Waals surface area (Å²) in [5, 5.41) is 18.6. The number of carbonyl (C=O) groups is 1. The molecule has 5 rings (SSSR count). The molecule has 2 aliphatic rings. The van der Waals surface area contributed by atoms with E-state index in [0.717, 1.165) is 60.3 Å². The van der Waals surface area contributed by atoms with Crippen molar-refractivity contribution in [1.82, 2.24) is 14.7 Å². The van der Waals surface area contributed by atoms with E-state index in [9.17, 15) is 13.2 Å². The zero-order valence-corrected chi connectivity index (χ0v) is 28.2. The average Bonchev–Trinajstić information content (AvgIpc) is 3.59.